The Morgan fingerprint density at radius 2 is 2.04 bits per heavy atom. The minimum absolute atomic E-state index is 0.0677. The summed E-state index contributed by atoms with van der Waals surface area (Å²) in [5.41, 5.74) is 8.99. The van der Waals surface area contributed by atoms with Crippen molar-refractivity contribution in [2.45, 2.75) is 44.6 Å². The lowest BCUT2D eigenvalue weighted by Gasteiger charge is -2.43. The number of aliphatic imine (C=N–C) groups is 1. The van der Waals surface area contributed by atoms with Crippen molar-refractivity contribution in [1.82, 2.24) is 19.4 Å². The number of nitrogens with zero attached hydrogens (tertiary/aromatic N) is 4. The van der Waals surface area contributed by atoms with Gasteiger partial charge in [-0.3, -0.25) is 14.6 Å². The van der Waals surface area contributed by atoms with Gasteiger partial charge in [0.15, 0.2) is 5.96 Å². The predicted octanol–water partition coefficient (Wildman–Crippen LogP) is 0.876. The smallest absolute Gasteiger partial charge is 0.255 e. The molecule has 2 aromatic rings. The molecule has 0 unspecified atom stereocenters. The van der Waals surface area contributed by atoms with Crippen molar-refractivity contribution in [2.75, 3.05) is 13.1 Å². The maximum atomic E-state index is 12.3. The lowest BCUT2D eigenvalue weighted by atomic mass is 9.83. The number of aromatic nitrogens is 3. The molecular weight excluding hydrogens is 356 g/mol. The highest BCUT2D eigenvalue weighted by molar-refractivity contribution is 5.80. The number of fused-ring (bicyclic) bond motifs is 5. The topological polar surface area (TPSA) is 109 Å². The number of rotatable bonds is 1. The van der Waals surface area contributed by atoms with E-state index in [4.69, 9.17) is 5.73 Å². The molecule has 1 aliphatic carbocycles. The molecule has 0 radical (unpaired) electrons. The Kier molecular flexibility index (Phi) is 4.07. The summed E-state index contributed by atoms with van der Waals surface area (Å²) in [5.74, 6) is 1.28. The van der Waals surface area contributed by atoms with E-state index in [9.17, 15) is 9.59 Å². The van der Waals surface area contributed by atoms with Crippen molar-refractivity contribution in [2.24, 2.45) is 16.6 Å². The van der Waals surface area contributed by atoms with Gasteiger partial charge in [0, 0.05) is 42.9 Å². The number of pyridine rings is 1. The summed E-state index contributed by atoms with van der Waals surface area (Å²) < 4.78 is 1.89. The molecule has 1 fully saturated rings. The molecule has 4 heterocycles. The first-order valence-corrected chi connectivity index (χ1v) is 9.99. The van der Waals surface area contributed by atoms with Gasteiger partial charge in [-0.05, 0) is 44.1 Å². The van der Waals surface area contributed by atoms with Gasteiger partial charge in [0.1, 0.15) is 0 Å². The summed E-state index contributed by atoms with van der Waals surface area (Å²) in [6, 6.07) is 5.48. The highest BCUT2D eigenvalue weighted by Crippen LogP contribution is 2.34. The van der Waals surface area contributed by atoms with Gasteiger partial charge in [0.2, 0.25) is 5.95 Å². The predicted molar refractivity (Wildman–Crippen MR) is 106 cm³/mol. The van der Waals surface area contributed by atoms with Crippen molar-refractivity contribution >= 4 is 11.9 Å². The zero-order valence-electron chi connectivity index (χ0n) is 15.7. The number of nitrogens with two attached hydrogens (primary N) is 1. The molecule has 3 N–H and O–H groups in total. The molecular formula is C20H24N6O2. The second-order valence-corrected chi connectivity index (χ2v) is 8.10. The van der Waals surface area contributed by atoms with E-state index in [1.165, 1.54) is 0 Å². The van der Waals surface area contributed by atoms with Crippen LogP contribution in [0.5, 0.6) is 0 Å². The van der Waals surface area contributed by atoms with Crippen LogP contribution in [0.15, 0.2) is 32.8 Å². The molecule has 0 aromatic carbocycles. The fourth-order valence-electron chi connectivity index (χ4n) is 4.91. The molecule has 2 atom stereocenters. The number of aryl methyl sites for hydroxylation is 1. The third-order valence-corrected chi connectivity index (χ3v) is 6.20. The Bertz CT molecular complexity index is 1070. The molecule has 2 aromatic heterocycles. The summed E-state index contributed by atoms with van der Waals surface area (Å²) in [6.45, 7) is 2.18. The molecule has 2 aliphatic heterocycles. The van der Waals surface area contributed by atoms with Gasteiger partial charge in [-0.15, -0.1) is 0 Å². The number of piperidine rings is 1. The van der Waals surface area contributed by atoms with Crippen molar-refractivity contribution in [3.63, 3.8) is 0 Å². The summed E-state index contributed by atoms with van der Waals surface area (Å²) >= 11 is 0. The van der Waals surface area contributed by atoms with E-state index in [0.717, 1.165) is 55.6 Å². The number of likely N-dealkylation sites (tertiary alicyclic amines) is 1. The van der Waals surface area contributed by atoms with E-state index in [1.54, 1.807) is 6.07 Å². The lowest BCUT2D eigenvalue weighted by Crippen LogP contribution is -2.51. The van der Waals surface area contributed by atoms with Crippen LogP contribution in [0.4, 0.5) is 5.95 Å². The molecule has 28 heavy (non-hydrogen) atoms. The van der Waals surface area contributed by atoms with E-state index in [-0.39, 0.29) is 23.0 Å². The fourth-order valence-corrected chi connectivity index (χ4v) is 4.91. The molecule has 0 spiro atoms. The monoisotopic (exact) mass is 380 g/mol. The third kappa shape index (κ3) is 2.93. The van der Waals surface area contributed by atoms with Crippen LogP contribution in [0.2, 0.25) is 0 Å². The third-order valence-electron chi connectivity index (χ3n) is 6.20. The number of guanidine groups is 1. The SMILES string of the molecule is NC(=Nc1nc2c(c(=O)[nH]1)CCCC2)N1C[C@@H]2C[C@H](C1)c1cccc(=O)n1C2. The Morgan fingerprint density at radius 3 is 2.93 bits per heavy atom. The van der Waals surface area contributed by atoms with E-state index in [1.807, 2.05) is 16.7 Å². The minimum Gasteiger partial charge on any atom is -0.369 e. The van der Waals surface area contributed by atoms with Gasteiger partial charge >= 0.3 is 0 Å². The van der Waals surface area contributed by atoms with Gasteiger partial charge in [0.05, 0.1) is 5.69 Å². The molecule has 146 valence electrons. The highest BCUT2D eigenvalue weighted by Gasteiger charge is 2.35. The molecule has 3 aliphatic rings. The second-order valence-electron chi connectivity index (χ2n) is 8.10. The normalized spacial score (nSPS) is 23.9. The maximum Gasteiger partial charge on any atom is 0.255 e. The zero-order chi connectivity index (χ0) is 19.3. The largest absolute Gasteiger partial charge is 0.369 e. The first-order valence-electron chi connectivity index (χ1n) is 9.99. The molecule has 8 nitrogen and oxygen atoms in total. The molecule has 8 heteroatoms. The summed E-state index contributed by atoms with van der Waals surface area (Å²) in [5, 5.41) is 0. The molecule has 0 saturated carbocycles. The van der Waals surface area contributed by atoms with Crippen molar-refractivity contribution < 1.29 is 0 Å². The van der Waals surface area contributed by atoms with Crippen molar-refractivity contribution in [3.05, 3.63) is 55.9 Å². The number of hydrogen-bond donors (Lipinski definition) is 2. The molecule has 2 bridgehead atoms. The van der Waals surface area contributed by atoms with Crippen LogP contribution in [0.25, 0.3) is 0 Å². The molecule has 1 saturated heterocycles. The zero-order valence-corrected chi connectivity index (χ0v) is 15.7. The minimum atomic E-state index is -0.0972. The van der Waals surface area contributed by atoms with Crippen LogP contribution >= 0.6 is 0 Å². The van der Waals surface area contributed by atoms with E-state index >= 15 is 0 Å². The summed E-state index contributed by atoms with van der Waals surface area (Å²) in [6.07, 6.45) is 4.74. The molecule has 5 rings (SSSR count). The number of hydrogen-bond acceptors (Lipinski definition) is 4. The first-order chi connectivity index (χ1) is 13.6. The van der Waals surface area contributed by atoms with Crippen LogP contribution in [-0.4, -0.2) is 38.5 Å². The number of aromatic amines is 1. The van der Waals surface area contributed by atoms with Crippen LogP contribution in [0.3, 0.4) is 0 Å². The Balaban J connectivity index is 1.42. The van der Waals surface area contributed by atoms with Gasteiger partial charge in [0.25, 0.3) is 11.1 Å². The first kappa shape index (κ1) is 17.2. The standard InChI is InChI=1S/C20H24N6O2/c21-19(24-20-22-15-5-2-1-4-14(15)18(28)23-20)25-9-12-8-13(11-25)16-6-3-7-17(27)26(16)10-12/h3,6-7,12-13H,1-2,4-5,8-11H2,(H3,21,22,23,24,28)/t12-,13+/m0/s1. The van der Waals surface area contributed by atoms with E-state index in [0.29, 0.717) is 25.0 Å². The van der Waals surface area contributed by atoms with Crippen molar-refractivity contribution in [1.29, 1.82) is 0 Å². The van der Waals surface area contributed by atoms with Crippen LogP contribution in [0, 0.1) is 5.92 Å². The Morgan fingerprint density at radius 1 is 1.18 bits per heavy atom. The van der Waals surface area contributed by atoms with Gasteiger partial charge in [-0.2, -0.15) is 4.99 Å². The van der Waals surface area contributed by atoms with E-state index in [2.05, 4.69) is 19.9 Å². The summed E-state index contributed by atoms with van der Waals surface area (Å²) in [4.78, 5) is 38.3. The summed E-state index contributed by atoms with van der Waals surface area (Å²) in [7, 11) is 0. The number of nitrogens with one attached hydrogen (secondary N) is 1. The lowest BCUT2D eigenvalue weighted by molar-refractivity contribution is 0.177. The Labute approximate surface area is 162 Å². The second kappa shape index (κ2) is 6.61. The van der Waals surface area contributed by atoms with Gasteiger partial charge in [-0.1, -0.05) is 6.07 Å². The average Bonchev–Trinajstić information content (AvgIpc) is 2.69. The number of H-pyrrole nitrogens is 1. The van der Waals surface area contributed by atoms with Gasteiger partial charge in [-0.25, -0.2) is 4.98 Å². The Hall–Kier alpha value is -2.90. The van der Waals surface area contributed by atoms with E-state index < -0.39 is 0 Å². The maximum absolute atomic E-state index is 12.3. The molecule has 0 amide bonds. The van der Waals surface area contributed by atoms with Crippen LogP contribution in [-0.2, 0) is 19.4 Å². The average molecular weight is 380 g/mol. The van der Waals surface area contributed by atoms with Crippen molar-refractivity contribution in [3.8, 4) is 0 Å². The van der Waals surface area contributed by atoms with Crippen LogP contribution in [0.1, 0.15) is 42.1 Å². The fraction of sp³-hybridized carbons (Fsp3) is 0.500. The van der Waals surface area contributed by atoms with Gasteiger partial charge < -0.3 is 15.2 Å². The highest BCUT2D eigenvalue weighted by atomic mass is 16.1. The van der Waals surface area contributed by atoms with Crippen LogP contribution < -0.4 is 16.9 Å². The quantitative estimate of drug-likeness (QED) is 0.564.